The van der Waals surface area contributed by atoms with E-state index in [0.29, 0.717) is 18.4 Å². The van der Waals surface area contributed by atoms with Gasteiger partial charge in [0, 0.05) is 17.6 Å². The Morgan fingerprint density at radius 1 is 1.19 bits per heavy atom. The van der Waals surface area contributed by atoms with E-state index in [4.69, 9.17) is 0 Å². The average molecular weight is 302 g/mol. The Balaban J connectivity index is 2.06. The second kappa shape index (κ2) is 7.27. The molecule has 2 rings (SSSR count). The highest BCUT2D eigenvalue weighted by Gasteiger charge is 2.16. The van der Waals surface area contributed by atoms with Crippen molar-refractivity contribution in [3.63, 3.8) is 0 Å². The minimum Gasteiger partial charge on any atom is -0.377 e. The van der Waals surface area contributed by atoms with Crippen LogP contribution in [0.3, 0.4) is 0 Å². The number of anilines is 1. The summed E-state index contributed by atoms with van der Waals surface area (Å²) in [4.78, 5) is 12.7. The van der Waals surface area contributed by atoms with E-state index in [1.807, 2.05) is 24.3 Å². The van der Waals surface area contributed by atoms with Gasteiger partial charge >= 0.3 is 0 Å². The van der Waals surface area contributed by atoms with Crippen molar-refractivity contribution < 1.29 is 4.79 Å². The third-order valence-electron chi connectivity index (χ3n) is 3.44. The summed E-state index contributed by atoms with van der Waals surface area (Å²) in [6, 6.07) is 12.7. The summed E-state index contributed by atoms with van der Waals surface area (Å²) in [6.45, 7) is 4.44. The standard InChI is InChI=1S/C17H22N2OS/c1-12(2)17(15-5-4-10-21-15)19-14-8-6-13(7-9-14)11-16(20)18-3/h4-10,12,17,19H,11H2,1-3H3,(H,18,20). The van der Waals surface area contributed by atoms with Gasteiger partial charge in [-0.3, -0.25) is 4.79 Å². The highest BCUT2D eigenvalue weighted by atomic mass is 32.1. The summed E-state index contributed by atoms with van der Waals surface area (Å²) < 4.78 is 0. The Labute approximate surface area is 130 Å². The first-order chi connectivity index (χ1) is 10.1. The van der Waals surface area contributed by atoms with E-state index >= 15 is 0 Å². The smallest absolute Gasteiger partial charge is 0.224 e. The fourth-order valence-electron chi connectivity index (χ4n) is 2.21. The molecule has 3 nitrogen and oxygen atoms in total. The molecule has 0 aliphatic rings. The second-order valence-electron chi connectivity index (χ2n) is 5.43. The number of nitrogens with one attached hydrogen (secondary N) is 2. The molecule has 1 heterocycles. The quantitative estimate of drug-likeness (QED) is 0.851. The summed E-state index contributed by atoms with van der Waals surface area (Å²) in [5, 5.41) is 8.34. The maximum absolute atomic E-state index is 11.4. The van der Waals surface area contributed by atoms with Gasteiger partial charge in [-0.2, -0.15) is 0 Å². The number of hydrogen-bond acceptors (Lipinski definition) is 3. The molecule has 0 fully saturated rings. The van der Waals surface area contributed by atoms with E-state index in [1.165, 1.54) is 4.88 Å². The molecule has 1 unspecified atom stereocenters. The maximum Gasteiger partial charge on any atom is 0.224 e. The molecule has 0 saturated carbocycles. The third kappa shape index (κ3) is 4.33. The monoisotopic (exact) mass is 302 g/mol. The van der Waals surface area contributed by atoms with Gasteiger partial charge in [0.1, 0.15) is 0 Å². The van der Waals surface area contributed by atoms with Gasteiger partial charge in [-0.15, -0.1) is 11.3 Å². The average Bonchev–Trinajstić information content (AvgIpc) is 2.99. The van der Waals surface area contributed by atoms with Crippen LogP contribution in [-0.4, -0.2) is 13.0 Å². The van der Waals surface area contributed by atoms with Crippen molar-refractivity contribution in [2.75, 3.05) is 12.4 Å². The normalized spacial score (nSPS) is 12.2. The molecule has 0 spiro atoms. The van der Waals surface area contributed by atoms with Crippen LogP contribution in [0.25, 0.3) is 0 Å². The van der Waals surface area contributed by atoms with Crippen molar-refractivity contribution in [2.24, 2.45) is 5.92 Å². The number of carbonyl (C=O) groups excluding carboxylic acids is 1. The van der Waals surface area contributed by atoms with Gasteiger partial charge in [0.2, 0.25) is 5.91 Å². The zero-order valence-electron chi connectivity index (χ0n) is 12.7. The molecule has 1 aromatic carbocycles. The van der Waals surface area contributed by atoms with Crippen molar-refractivity contribution in [1.29, 1.82) is 0 Å². The van der Waals surface area contributed by atoms with Crippen LogP contribution >= 0.6 is 11.3 Å². The number of hydrogen-bond donors (Lipinski definition) is 2. The van der Waals surface area contributed by atoms with Gasteiger partial charge in [-0.05, 0) is 35.1 Å². The lowest BCUT2D eigenvalue weighted by molar-refractivity contribution is -0.119. The molecule has 0 aliphatic heterocycles. The summed E-state index contributed by atoms with van der Waals surface area (Å²) in [7, 11) is 1.66. The lowest BCUT2D eigenvalue weighted by Gasteiger charge is -2.22. The Kier molecular flexibility index (Phi) is 5.39. The zero-order chi connectivity index (χ0) is 15.2. The number of carbonyl (C=O) groups is 1. The first-order valence-electron chi connectivity index (χ1n) is 7.19. The highest BCUT2D eigenvalue weighted by Crippen LogP contribution is 2.29. The molecule has 0 saturated heterocycles. The van der Waals surface area contributed by atoms with E-state index in [-0.39, 0.29) is 5.91 Å². The lowest BCUT2D eigenvalue weighted by atomic mass is 10.0. The van der Waals surface area contributed by atoms with E-state index in [9.17, 15) is 4.79 Å². The molecule has 1 atom stereocenters. The SMILES string of the molecule is CNC(=O)Cc1ccc(NC(c2cccs2)C(C)C)cc1. The van der Waals surface area contributed by atoms with Crippen molar-refractivity contribution >= 4 is 22.9 Å². The number of amides is 1. The van der Waals surface area contributed by atoms with E-state index in [2.05, 4.69) is 42.0 Å². The van der Waals surface area contributed by atoms with Crippen LogP contribution in [0.5, 0.6) is 0 Å². The number of rotatable bonds is 6. The summed E-state index contributed by atoms with van der Waals surface area (Å²) in [5.41, 5.74) is 2.11. The van der Waals surface area contributed by atoms with E-state index in [1.54, 1.807) is 18.4 Å². The molecule has 4 heteroatoms. The van der Waals surface area contributed by atoms with Crippen molar-refractivity contribution in [2.45, 2.75) is 26.3 Å². The number of likely N-dealkylation sites (N-methyl/N-ethyl adjacent to an activating group) is 1. The van der Waals surface area contributed by atoms with Crippen molar-refractivity contribution in [3.8, 4) is 0 Å². The first kappa shape index (κ1) is 15.6. The molecule has 2 aromatic rings. The Morgan fingerprint density at radius 3 is 2.43 bits per heavy atom. The maximum atomic E-state index is 11.4. The molecule has 1 aromatic heterocycles. The van der Waals surface area contributed by atoms with Gasteiger partial charge in [-0.1, -0.05) is 32.0 Å². The largest absolute Gasteiger partial charge is 0.377 e. The van der Waals surface area contributed by atoms with Gasteiger partial charge in [-0.25, -0.2) is 0 Å². The fourth-order valence-corrected chi connectivity index (χ4v) is 3.16. The third-order valence-corrected chi connectivity index (χ3v) is 4.39. The van der Waals surface area contributed by atoms with Crippen LogP contribution in [0, 0.1) is 5.92 Å². The first-order valence-corrected chi connectivity index (χ1v) is 8.07. The topological polar surface area (TPSA) is 41.1 Å². The molecule has 0 bridgehead atoms. The number of benzene rings is 1. The van der Waals surface area contributed by atoms with E-state index < -0.39 is 0 Å². The molecular formula is C17H22N2OS. The van der Waals surface area contributed by atoms with E-state index in [0.717, 1.165) is 11.3 Å². The van der Waals surface area contributed by atoms with Crippen LogP contribution in [0.2, 0.25) is 0 Å². The predicted molar refractivity (Wildman–Crippen MR) is 89.7 cm³/mol. The minimum absolute atomic E-state index is 0.0364. The molecule has 0 aliphatic carbocycles. The van der Waals surface area contributed by atoms with Gasteiger partial charge < -0.3 is 10.6 Å². The minimum atomic E-state index is 0.0364. The molecule has 2 N–H and O–H groups in total. The van der Waals surface area contributed by atoms with Gasteiger partial charge in [0.25, 0.3) is 0 Å². The van der Waals surface area contributed by atoms with Crippen molar-refractivity contribution in [1.82, 2.24) is 5.32 Å². The van der Waals surface area contributed by atoms with Gasteiger partial charge in [0.05, 0.1) is 12.5 Å². The van der Waals surface area contributed by atoms with Crippen molar-refractivity contribution in [3.05, 3.63) is 52.2 Å². The number of thiophene rings is 1. The molecule has 21 heavy (non-hydrogen) atoms. The Bertz CT molecular complexity index is 561. The zero-order valence-corrected chi connectivity index (χ0v) is 13.5. The summed E-state index contributed by atoms with van der Waals surface area (Å²) in [6.07, 6.45) is 0.426. The Hall–Kier alpha value is -1.81. The lowest BCUT2D eigenvalue weighted by Crippen LogP contribution is -2.20. The molecular weight excluding hydrogens is 280 g/mol. The molecule has 1 amide bonds. The fraction of sp³-hybridized carbons (Fsp3) is 0.353. The second-order valence-corrected chi connectivity index (χ2v) is 6.41. The van der Waals surface area contributed by atoms with Crippen LogP contribution in [-0.2, 0) is 11.2 Å². The highest BCUT2D eigenvalue weighted by molar-refractivity contribution is 7.10. The molecule has 0 radical (unpaired) electrons. The van der Waals surface area contributed by atoms with Crippen LogP contribution < -0.4 is 10.6 Å². The van der Waals surface area contributed by atoms with Crippen LogP contribution in [0.15, 0.2) is 41.8 Å². The van der Waals surface area contributed by atoms with Gasteiger partial charge in [0.15, 0.2) is 0 Å². The summed E-state index contributed by atoms with van der Waals surface area (Å²) >= 11 is 1.78. The molecule has 112 valence electrons. The summed E-state index contributed by atoms with van der Waals surface area (Å²) in [5.74, 6) is 0.545. The van der Waals surface area contributed by atoms with Crippen LogP contribution in [0.1, 0.15) is 30.3 Å². The predicted octanol–water partition coefficient (Wildman–Crippen LogP) is 3.85. The Morgan fingerprint density at radius 2 is 1.90 bits per heavy atom. The van der Waals surface area contributed by atoms with Crippen LogP contribution in [0.4, 0.5) is 5.69 Å².